The summed E-state index contributed by atoms with van der Waals surface area (Å²) in [5.74, 6) is 0.863. The number of fused-ring (bicyclic) bond motifs is 1. The molecule has 0 amide bonds. The zero-order chi connectivity index (χ0) is 20.2. The molecule has 0 fully saturated rings. The van der Waals surface area contributed by atoms with E-state index in [1.807, 2.05) is 25.3 Å². The average molecular weight is 383 g/mol. The first-order chi connectivity index (χ1) is 14.2. The van der Waals surface area contributed by atoms with E-state index < -0.39 is 0 Å². The fourth-order valence-corrected chi connectivity index (χ4v) is 3.73. The summed E-state index contributed by atoms with van der Waals surface area (Å²) in [6.45, 7) is 4.99. The molecule has 0 bridgehead atoms. The van der Waals surface area contributed by atoms with Gasteiger partial charge in [-0.1, -0.05) is 54.6 Å². The summed E-state index contributed by atoms with van der Waals surface area (Å²) >= 11 is 0. The van der Waals surface area contributed by atoms with Gasteiger partial charge in [0.05, 0.1) is 7.11 Å². The topological polar surface area (TPSA) is 34.1 Å². The first-order valence-corrected chi connectivity index (χ1v) is 9.96. The highest BCUT2D eigenvalue weighted by Gasteiger charge is 2.11. The zero-order valence-electron chi connectivity index (χ0n) is 17.1. The summed E-state index contributed by atoms with van der Waals surface area (Å²) in [6.07, 6.45) is 1.91. The Bertz CT molecular complexity index is 1110. The third kappa shape index (κ3) is 4.15. The van der Waals surface area contributed by atoms with Crippen molar-refractivity contribution in [2.24, 2.45) is 0 Å². The van der Waals surface area contributed by atoms with Crippen LogP contribution in [0.1, 0.15) is 29.8 Å². The Kier molecular flexibility index (Phi) is 5.59. The van der Waals surface area contributed by atoms with Crippen LogP contribution in [-0.2, 0) is 6.54 Å². The molecule has 3 aromatic carbocycles. The van der Waals surface area contributed by atoms with Gasteiger partial charge in [0.25, 0.3) is 0 Å². The molecule has 4 aromatic rings. The second-order valence-corrected chi connectivity index (χ2v) is 7.39. The van der Waals surface area contributed by atoms with E-state index in [0.717, 1.165) is 29.1 Å². The van der Waals surface area contributed by atoms with Crippen molar-refractivity contribution in [2.45, 2.75) is 26.4 Å². The van der Waals surface area contributed by atoms with Gasteiger partial charge in [-0.25, -0.2) is 0 Å². The molecular weight excluding hydrogens is 356 g/mol. The Morgan fingerprint density at radius 1 is 0.966 bits per heavy atom. The molecule has 0 spiro atoms. The maximum atomic E-state index is 5.58. The van der Waals surface area contributed by atoms with Crippen LogP contribution in [0.2, 0.25) is 0 Å². The summed E-state index contributed by atoms with van der Waals surface area (Å²) in [5, 5.41) is 6.25. The minimum Gasteiger partial charge on any atom is -0.496 e. The lowest BCUT2D eigenvalue weighted by atomic mass is 9.99. The van der Waals surface area contributed by atoms with Crippen molar-refractivity contribution in [3.63, 3.8) is 0 Å². The van der Waals surface area contributed by atoms with Gasteiger partial charge >= 0.3 is 0 Å². The molecule has 3 heteroatoms. The molecular formula is C26H26N2O. The van der Waals surface area contributed by atoms with Crippen molar-refractivity contribution < 1.29 is 4.74 Å². The standard InChI is InChI=1S/C26H26N2O/c1-18-11-13-22(17-27-18)25-15-20(12-14-26(25)29-3)16-28-19(2)23-10-6-8-21-7-4-5-9-24(21)23/h4-15,17,19,28H,16H2,1-3H3. The molecule has 1 N–H and O–H groups in total. The maximum absolute atomic E-state index is 5.58. The van der Waals surface area contributed by atoms with Crippen LogP contribution in [0.5, 0.6) is 5.75 Å². The number of pyridine rings is 1. The molecule has 0 aliphatic carbocycles. The molecule has 0 radical (unpaired) electrons. The number of nitrogens with zero attached hydrogens (tertiary/aromatic N) is 1. The number of hydrogen-bond donors (Lipinski definition) is 1. The Labute approximate surface area is 172 Å². The summed E-state index contributed by atoms with van der Waals surface area (Å²) in [6, 6.07) is 25.8. The number of benzene rings is 3. The van der Waals surface area contributed by atoms with E-state index in [4.69, 9.17) is 4.74 Å². The van der Waals surface area contributed by atoms with E-state index in [2.05, 4.69) is 77.9 Å². The molecule has 0 saturated heterocycles. The Hall–Kier alpha value is -3.17. The van der Waals surface area contributed by atoms with Crippen LogP contribution < -0.4 is 10.1 Å². The van der Waals surface area contributed by atoms with Crippen molar-refractivity contribution >= 4 is 10.8 Å². The van der Waals surface area contributed by atoms with Crippen molar-refractivity contribution in [3.8, 4) is 16.9 Å². The van der Waals surface area contributed by atoms with Gasteiger partial charge in [0.15, 0.2) is 0 Å². The van der Waals surface area contributed by atoms with Crippen LogP contribution >= 0.6 is 0 Å². The quantitative estimate of drug-likeness (QED) is 0.439. The van der Waals surface area contributed by atoms with Gasteiger partial charge < -0.3 is 10.1 Å². The molecule has 3 nitrogen and oxygen atoms in total. The van der Waals surface area contributed by atoms with Crippen LogP contribution in [0.4, 0.5) is 0 Å². The molecule has 1 heterocycles. The number of methoxy groups -OCH3 is 1. The van der Waals surface area contributed by atoms with Crippen LogP contribution in [0.3, 0.4) is 0 Å². The zero-order valence-corrected chi connectivity index (χ0v) is 17.1. The highest BCUT2D eigenvalue weighted by atomic mass is 16.5. The molecule has 0 aliphatic heterocycles. The fraction of sp³-hybridized carbons (Fsp3) is 0.192. The van der Waals surface area contributed by atoms with E-state index in [9.17, 15) is 0 Å². The molecule has 1 atom stereocenters. The molecule has 1 aromatic heterocycles. The van der Waals surface area contributed by atoms with Crippen LogP contribution in [-0.4, -0.2) is 12.1 Å². The van der Waals surface area contributed by atoms with E-state index in [1.54, 1.807) is 7.11 Å². The highest BCUT2D eigenvalue weighted by molar-refractivity contribution is 5.86. The van der Waals surface area contributed by atoms with Gasteiger partial charge in [-0.3, -0.25) is 4.98 Å². The number of hydrogen-bond acceptors (Lipinski definition) is 3. The summed E-state index contributed by atoms with van der Waals surface area (Å²) in [7, 11) is 1.71. The Morgan fingerprint density at radius 2 is 1.79 bits per heavy atom. The van der Waals surface area contributed by atoms with Crippen LogP contribution in [0.25, 0.3) is 21.9 Å². The molecule has 146 valence electrons. The first kappa shape index (κ1) is 19.2. The molecule has 0 aliphatic rings. The van der Waals surface area contributed by atoms with E-state index in [1.165, 1.54) is 21.9 Å². The SMILES string of the molecule is COc1ccc(CNC(C)c2cccc3ccccc23)cc1-c1ccc(C)nc1. The maximum Gasteiger partial charge on any atom is 0.126 e. The number of aryl methyl sites for hydroxylation is 1. The Balaban J connectivity index is 1.56. The van der Waals surface area contributed by atoms with Gasteiger partial charge in [0.1, 0.15) is 5.75 Å². The third-order valence-electron chi connectivity index (χ3n) is 5.39. The van der Waals surface area contributed by atoms with E-state index >= 15 is 0 Å². The summed E-state index contributed by atoms with van der Waals surface area (Å²) in [5.41, 5.74) is 5.68. The number of aromatic nitrogens is 1. The minimum atomic E-state index is 0.243. The second kappa shape index (κ2) is 8.46. The normalized spacial score (nSPS) is 12.1. The van der Waals surface area contributed by atoms with Crippen LogP contribution in [0, 0.1) is 6.92 Å². The van der Waals surface area contributed by atoms with Crippen molar-refractivity contribution in [1.82, 2.24) is 10.3 Å². The van der Waals surface area contributed by atoms with E-state index in [-0.39, 0.29) is 6.04 Å². The Morgan fingerprint density at radius 3 is 2.59 bits per heavy atom. The van der Waals surface area contributed by atoms with Gasteiger partial charge in [-0.05, 0) is 53.9 Å². The van der Waals surface area contributed by atoms with Crippen molar-refractivity contribution in [3.05, 3.63) is 95.8 Å². The van der Waals surface area contributed by atoms with E-state index in [0.29, 0.717) is 0 Å². The fourth-order valence-electron chi connectivity index (χ4n) is 3.73. The van der Waals surface area contributed by atoms with Gasteiger partial charge in [-0.2, -0.15) is 0 Å². The number of ether oxygens (including phenoxy) is 1. The number of nitrogens with one attached hydrogen (secondary N) is 1. The van der Waals surface area contributed by atoms with Gasteiger partial charge in [0.2, 0.25) is 0 Å². The lowest BCUT2D eigenvalue weighted by Crippen LogP contribution is -2.18. The highest BCUT2D eigenvalue weighted by Crippen LogP contribution is 2.31. The lowest BCUT2D eigenvalue weighted by molar-refractivity contribution is 0.416. The molecule has 1 unspecified atom stereocenters. The number of rotatable bonds is 6. The summed E-state index contributed by atoms with van der Waals surface area (Å²) in [4.78, 5) is 4.43. The molecule has 29 heavy (non-hydrogen) atoms. The van der Waals surface area contributed by atoms with Gasteiger partial charge in [-0.15, -0.1) is 0 Å². The van der Waals surface area contributed by atoms with Crippen molar-refractivity contribution in [1.29, 1.82) is 0 Å². The summed E-state index contributed by atoms with van der Waals surface area (Å²) < 4.78 is 5.58. The van der Waals surface area contributed by atoms with Crippen molar-refractivity contribution in [2.75, 3.05) is 7.11 Å². The lowest BCUT2D eigenvalue weighted by Gasteiger charge is -2.18. The minimum absolute atomic E-state index is 0.243. The van der Waals surface area contributed by atoms with Gasteiger partial charge in [0, 0.05) is 35.6 Å². The smallest absolute Gasteiger partial charge is 0.126 e. The first-order valence-electron chi connectivity index (χ1n) is 9.96. The monoisotopic (exact) mass is 382 g/mol. The average Bonchev–Trinajstić information content (AvgIpc) is 2.77. The largest absolute Gasteiger partial charge is 0.496 e. The molecule has 4 rings (SSSR count). The third-order valence-corrected chi connectivity index (χ3v) is 5.39. The predicted molar refractivity (Wildman–Crippen MR) is 120 cm³/mol. The predicted octanol–water partition coefficient (Wildman–Crippen LogP) is 6.07. The molecule has 0 saturated carbocycles. The van der Waals surface area contributed by atoms with Crippen LogP contribution in [0.15, 0.2) is 79.0 Å². The second-order valence-electron chi connectivity index (χ2n) is 7.39.